The van der Waals surface area contributed by atoms with Gasteiger partial charge in [0.1, 0.15) is 5.75 Å². The number of benzene rings is 1. The number of ether oxygens (including phenoxy) is 1. The lowest BCUT2D eigenvalue weighted by atomic mass is 10.2. The quantitative estimate of drug-likeness (QED) is 0.717. The van der Waals surface area contributed by atoms with E-state index in [1.807, 2.05) is 24.3 Å². The first-order valence-electron chi connectivity index (χ1n) is 7.48. The van der Waals surface area contributed by atoms with Crippen LogP contribution >= 0.6 is 0 Å². The molecule has 0 heterocycles. The molecule has 1 aliphatic rings. The number of para-hydroxylation sites is 1. The molecule has 1 fully saturated rings. The van der Waals surface area contributed by atoms with Crippen LogP contribution in [0.5, 0.6) is 5.75 Å². The molecule has 1 aromatic rings. The molecule has 0 atom stereocenters. The van der Waals surface area contributed by atoms with Crippen LogP contribution in [0.1, 0.15) is 24.8 Å². The first kappa shape index (κ1) is 15.8. The average Bonchev–Trinajstić information content (AvgIpc) is 3.31. The minimum absolute atomic E-state index is 0.0308. The Bertz CT molecular complexity index is 461. The molecule has 1 saturated carbocycles. The van der Waals surface area contributed by atoms with Crippen LogP contribution in [-0.4, -0.2) is 48.8 Å². The molecule has 1 aromatic carbocycles. The van der Waals surface area contributed by atoms with E-state index < -0.39 is 0 Å². The lowest BCUT2D eigenvalue weighted by Gasteiger charge is -2.23. The normalized spacial score (nSPS) is 14.0. The topological polar surface area (TPSA) is 61.8 Å². The molecule has 2 N–H and O–H groups in total. The van der Waals surface area contributed by atoms with Gasteiger partial charge in [-0.2, -0.15) is 0 Å². The molecule has 1 amide bonds. The van der Waals surface area contributed by atoms with Crippen molar-refractivity contribution in [2.75, 3.05) is 26.8 Å². The summed E-state index contributed by atoms with van der Waals surface area (Å²) >= 11 is 0. The zero-order valence-corrected chi connectivity index (χ0v) is 12.5. The molecule has 1 aliphatic carbocycles. The Hall–Kier alpha value is -1.59. The third kappa shape index (κ3) is 5.02. The molecule has 5 heteroatoms. The lowest BCUT2D eigenvalue weighted by molar-refractivity contribution is -0.132. The number of aliphatic hydroxyl groups excluding tert-OH is 1. The Morgan fingerprint density at radius 2 is 2.19 bits per heavy atom. The van der Waals surface area contributed by atoms with Gasteiger partial charge in [-0.1, -0.05) is 18.2 Å². The van der Waals surface area contributed by atoms with E-state index in [-0.39, 0.29) is 12.5 Å². The van der Waals surface area contributed by atoms with Crippen LogP contribution in [0.2, 0.25) is 0 Å². The van der Waals surface area contributed by atoms with Gasteiger partial charge in [-0.25, -0.2) is 0 Å². The number of nitrogens with zero attached hydrogens (tertiary/aromatic N) is 1. The summed E-state index contributed by atoms with van der Waals surface area (Å²) in [5.41, 5.74) is 0.956. The van der Waals surface area contributed by atoms with Crippen LogP contribution in [0.4, 0.5) is 0 Å². The molecule has 0 aromatic heterocycles. The van der Waals surface area contributed by atoms with E-state index in [1.54, 1.807) is 12.0 Å². The summed E-state index contributed by atoms with van der Waals surface area (Å²) in [6, 6.07) is 8.26. The van der Waals surface area contributed by atoms with Crippen molar-refractivity contribution in [2.45, 2.75) is 31.8 Å². The van der Waals surface area contributed by atoms with Crippen LogP contribution < -0.4 is 10.1 Å². The monoisotopic (exact) mass is 292 g/mol. The Balaban J connectivity index is 1.91. The van der Waals surface area contributed by atoms with E-state index in [1.165, 1.54) is 12.8 Å². The molecule has 5 nitrogen and oxygen atoms in total. The number of aliphatic hydroxyl groups is 1. The van der Waals surface area contributed by atoms with Crippen molar-refractivity contribution < 1.29 is 14.6 Å². The number of hydrogen-bond acceptors (Lipinski definition) is 4. The second-order valence-corrected chi connectivity index (χ2v) is 5.33. The first-order valence-corrected chi connectivity index (χ1v) is 7.48. The maximum atomic E-state index is 12.3. The zero-order valence-electron chi connectivity index (χ0n) is 12.5. The van der Waals surface area contributed by atoms with E-state index in [0.29, 0.717) is 32.1 Å². The predicted molar refractivity (Wildman–Crippen MR) is 81.1 cm³/mol. The summed E-state index contributed by atoms with van der Waals surface area (Å²) in [7, 11) is 1.62. The van der Waals surface area contributed by atoms with Gasteiger partial charge in [-0.05, 0) is 18.9 Å². The third-order valence-electron chi connectivity index (χ3n) is 3.63. The van der Waals surface area contributed by atoms with E-state index in [4.69, 9.17) is 4.74 Å². The van der Waals surface area contributed by atoms with Crippen molar-refractivity contribution in [3.05, 3.63) is 29.8 Å². The van der Waals surface area contributed by atoms with Crippen LogP contribution in [0.15, 0.2) is 24.3 Å². The molecule has 116 valence electrons. The highest BCUT2D eigenvalue weighted by molar-refractivity contribution is 5.76. The van der Waals surface area contributed by atoms with Gasteiger partial charge in [0.05, 0.1) is 13.7 Å². The smallest absolute Gasteiger partial charge is 0.224 e. The molecule has 0 aliphatic heterocycles. The Labute approximate surface area is 125 Å². The van der Waals surface area contributed by atoms with Gasteiger partial charge in [0, 0.05) is 37.7 Å². The van der Waals surface area contributed by atoms with Gasteiger partial charge in [0.15, 0.2) is 0 Å². The maximum absolute atomic E-state index is 12.3. The SMILES string of the molecule is COc1ccccc1CN(CCO)C(=O)CCNC1CC1. The highest BCUT2D eigenvalue weighted by atomic mass is 16.5. The van der Waals surface area contributed by atoms with Crippen molar-refractivity contribution in [1.29, 1.82) is 0 Å². The van der Waals surface area contributed by atoms with Crippen molar-refractivity contribution in [1.82, 2.24) is 10.2 Å². The van der Waals surface area contributed by atoms with Crippen LogP contribution in [0, 0.1) is 0 Å². The second kappa shape index (κ2) is 8.00. The molecule has 0 bridgehead atoms. The summed E-state index contributed by atoms with van der Waals surface area (Å²) in [6.07, 6.45) is 2.90. The molecule has 0 radical (unpaired) electrons. The standard InChI is InChI=1S/C16H24N2O3/c1-21-15-5-3-2-4-13(15)12-18(10-11-19)16(20)8-9-17-14-6-7-14/h2-5,14,17,19H,6-12H2,1H3. The van der Waals surface area contributed by atoms with Crippen molar-refractivity contribution >= 4 is 5.91 Å². The predicted octanol–water partition coefficient (Wildman–Crippen LogP) is 1.16. The van der Waals surface area contributed by atoms with Gasteiger partial charge in [-0.3, -0.25) is 4.79 Å². The first-order chi connectivity index (χ1) is 10.2. The number of nitrogens with one attached hydrogen (secondary N) is 1. The lowest BCUT2D eigenvalue weighted by Crippen LogP contribution is -2.35. The molecule has 2 rings (SSSR count). The fourth-order valence-corrected chi connectivity index (χ4v) is 2.28. The van der Waals surface area contributed by atoms with Gasteiger partial charge >= 0.3 is 0 Å². The molecule has 0 saturated heterocycles. The van der Waals surface area contributed by atoms with E-state index in [2.05, 4.69) is 5.32 Å². The zero-order chi connectivity index (χ0) is 15.1. The molecule has 0 unspecified atom stereocenters. The van der Waals surface area contributed by atoms with Crippen LogP contribution in [-0.2, 0) is 11.3 Å². The summed E-state index contributed by atoms with van der Waals surface area (Å²) in [5.74, 6) is 0.826. The highest BCUT2D eigenvalue weighted by Gasteiger charge is 2.21. The summed E-state index contributed by atoms with van der Waals surface area (Å²) < 4.78 is 5.31. The van der Waals surface area contributed by atoms with Crippen LogP contribution in [0.25, 0.3) is 0 Å². The third-order valence-corrected chi connectivity index (χ3v) is 3.63. The van der Waals surface area contributed by atoms with Crippen LogP contribution in [0.3, 0.4) is 0 Å². The largest absolute Gasteiger partial charge is 0.496 e. The van der Waals surface area contributed by atoms with Crippen molar-refractivity contribution in [2.24, 2.45) is 0 Å². The van der Waals surface area contributed by atoms with E-state index in [0.717, 1.165) is 11.3 Å². The summed E-state index contributed by atoms with van der Waals surface area (Å²) in [5, 5.41) is 12.5. The minimum Gasteiger partial charge on any atom is -0.496 e. The fourth-order valence-electron chi connectivity index (χ4n) is 2.28. The van der Waals surface area contributed by atoms with Crippen molar-refractivity contribution in [3.63, 3.8) is 0 Å². The average molecular weight is 292 g/mol. The second-order valence-electron chi connectivity index (χ2n) is 5.33. The van der Waals surface area contributed by atoms with E-state index >= 15 is 0 Å². The van der Waals surface area contributed by atoms with Gasteiger partial charge < -0.3 is 20.1 Å². The highest BCUT2D eigenvalue weighted by Crippen LogP contribution is 2.20. The Kier molecular flexibility index (Phi) is 6.02. The minimum atomic E-state index is -0.0308. The Morgan fingerprint density at radius 1 is 1.43 bits per heavy atom. The number of carbonyl (C=O) groups excluding carboxylic acids is 1. The number of rotatable bonds is 9. The van der Waals surface area contributed by atoms with Gasteiger partial charge in [0.25, 0.3) is 0 Å². The molecule has 0 spiro atoms. The summed E-state index contributed by atoms with van der Waals surface area (Å²) in [4.78, 5) is 14.0. The number of amides is 1. The molecule has 21 heavy (non-hydrogen) atoms. The molecular weight excluding hydrogens is 268 g/mol. The van der Waals surface area contributed by atoms with Crippen molar-refractivity contribution in [3.8, 4) is 5.75 Å². The van der Waals surface area contributed by atoms with Gasteiger partial charge in [0.2, 0.25) is 5.91 Å². The molecular formula is C16H24N2O3. The number of hydrogen-bond donors (Lipinski definition) is 2. The number of methoxy groups -OCH3 is 1. The summed E-state index contributed by atoms with van der Waals surface area (Å²) in [6.45, 7) is 1.49. The fraction of sp³-hybridized carbons (Fsp3) is 0.562. The van der Waals surface area contributed by atoms with E-state index in [9.17, 15) is 9.90 Å². The maximum Gasteiger partial charge on any atom is 0.224 e. The number of carbonyl (C=O) groups is 1. The van der Waals surface area contributed by atoms with Gasteiger partial charge in [-0.15, -0.1) is 0 Å². The Morgan fingerprint density at radius 3 is 2.86 bits per heavy atom.